The largest absolute Gasteiger partial charge is 0.377 e. The van der Waals surface area contributed by atoms with Crippen molar-refractivity contribution in [1.82, 2.24) is 10.2 Å². The number of carbonyl (C=O) groups excluding carboxylic acids is 1. The number of nitrogens with one attached hydrogen (secondary N) is 1. The third-order valence-electron chi connectivity index (χ3n) is 4.68. The summed E-state index contributed by atoms with van der Waals surface area (Å²) in [7, 11) is 0. The summed E-state index contributed by atoms with van der Waals surface area (Å²) in [6, 6.07) is 0.808. The van der Waals surface area contributed by atoms with Crippen LogP contribution in [0.4, 0.5) is 0 Å². The van der Waals surface area contributed by atoms with Gasteiger partial charge in [-0.25, -0.2) is 0 Å². The van der Waals surface area contributed by atoms with E-state index in [2.05, 4.69) is 31.0 Å². The van der Waals surface area contributed by atoms with Crippen LogP contribution in [-0.2, 0) is 9.53 Å². The summed E-state index contributed by atoms with van der Waals surface area (Å²) in [5, 5.41) is 3.55. The highest BCUT2D eigenvalue weighted by molar-refractivity contribution is 5.80. The standard InChI is InChI=1S/C15H28N2O2/c1-4-11-10-17(12(5-2)9-16-11)15(18)13-7-8-19-14(13)6-3/h11-14,16H,4-10H2,1-3H3. The molecule has 2 fully saturated rings. The van der Waals surface area contributed by atoms with Crippen LogP contribution in [0.1, 0.15) is 46.5 Å². The van der Waals surface area contributed by atoms with Gasteiger partial charge in [0.1, 0.15) is 0 Å². The molecule has 0 spiro atoms. The summed E-state index contributed by atoms with van der Waals surface area (Å²) in [6.07, 6.45) is 4.09. The Kier molecular flexibility index (Phi) is 5.22. The smallest absolute Gasteiger partial charge is 0.228 e. The van der Waals surface area contributed by atoms with E-state index in [1.54, 1.807) is 0 Å². The lowest BCUT2D eigenvalue weighted by atomic mass is 9.95. The fraction of sp³-hybridized carbons (Fsp3) is 0.933. The number of rotatable bonds is 4. The molecule has 1 N–H and O–H groups in total. The van der Waals surface area contributed by atoms with Gasteiger partial charge in [0, 0.05) is 31.8 Å². The predicted molar refractivity (Wildman–Crippen MR) is 76.0 cm³/mol. The van der Waals surface area contributed by atoms with Crippen LogP contribution < -0.4 is 5.32 Å². The van der Waals surface area contributed by atoms with Crippen LogP contribution in [-0.4, -0.2) is 48.7 Å². The summed E-state index contributed by atoms with van der Waals surface area (Å²) in [4.78, 5) is 15.0. The van der Waals surface area contributed by atoms with Crippen LogP contribution in [0.3, 0.4) is 0 Å². The Balaban J connectivity index is 2.05. The van der Waals surface area contributed by atoms with Gasteiger partial charge in [0.05, 0.1) is 12.0 Å². The van der Waals surface area contributed by atoms with Gasteiger partial charge < -0.3 is 15.0 Å². The lowest BCUT2D eigenvalue weighted by molar-refractivity contribution is -0.141. The number of amides is 1. The molecule has 19 heavy (non-hydrogen) atoms. The molecular formula is C15H28N2O2. The zero-order valence-corrected chi connectivity index (χ0v) is 12.5. The van der Waals surface area contributed by atoms with E-state index in [1.807, 2.05) is 0 Å². The van der Waals surface area contributed by atoms with E-state index in [-0.39, 0.29) is 12.0 Å². The third-order valence-corrected chi connectivity index (χ3v) is 4.68. The minimum atomic E-state index is 0.0923. The van der Waals surface area contributed by atoms with Crippen LogP contribution in [0.15, 0.2) is 0 Å². The molecular weight excluding hydrogens is 240 g/mol. The van der Waals surface area contributed by atoms with Crippen molar-refractivity contribution in [2.24, 2.45) is 5.92 Å². The molecule has 2 rings (SSSR count). The van der Waals surface area contributed by atoms with Crippen molar-refractivity contribution in [3.63, 3.8) is 0 Å². The van der Waals surface area contributed by atoms with Crippen molar-refractivity contribution >= 4 is 5.91 Å². The molecule has 2 saturated heterocycles. The van der Waals surface area contributed by atoms with Gasteiger partial charge in [0.25, 0.3) is 0 Å². The first-order valence-corrected chi connectivity index (χ1v) is 7.86. The summed E-state index contributed by atoms with van der Waals surface area (Å²) in [5.41, 5.74) is 0. The van der Waals surface area contributed by atoms with Crippen LogP contribution >= 0.6 is 0 Å². The van der Waals surface area contributed by atoms with Crippen molar-refractivity contribution < 1.29 is 9.53 Å². The zero-order valence-electron chi connectivity index (χ0n) is 12.5. The molecule has 0 saturated carbocycles. The lowest BCUT2D eigenvalue weighted by Gasteiger charge is -2.41. The van der Waals surface area contributed by atoms with Crippen molar-refractivity contribution in [3.8, 4) is 0 Å². The first-order chi connectivity index (χ1) is 9.21. The quantitative estimate of drug-likeness (QED) is 0.845. The molecule has 2 aliphatic heterocycles. The highest BCUT2D eigenvalue weighted by Gasteiger charge is 2.39. The lowest BCUT2D eigenvalue weighted by Crippen LogP contribution is -2.59. The van der Waals surface area contributed by atoms with Crippen LogP contribution in [0.5, 0.6) is 0 Å². The van der Waals surface area contributed by atoms with Gasteiger partial charge in [-0.2, -0.15) is 0 Å². The monoisotopic (exact) mass is 268 g/mol. The Morgan fingerprint density at radius 2 is 2.05 bits per heavy atom. The van der Waals surface area contributed by atoms with E-state index in [0.717, 1.165) is 45.4 Å². The second kappa shape index (κ2) is 6.71. The van der Waals surface area contributed by atoms with Crippen LogP contribution in [0, 0.1) is 5.92 Å². The molecule has 0 aliphatic carbocycles. The summed E-state index contributed by atoms with van der Waals surface area (Å²) < 4.78 is 5.69. The summed E-state index contributed by atoms with van der Waals surface area (Å²) >= 11 is 0. The molecule has 2 heterocycles. The average Bonchev–Trinajstić information content (AvgIpc) is 2.94. The number of piperazine rings is 1. The van der Waals surface area contributed by atoms with Gasteiger partial charge in [-0.05, 0) is 25.7 Å². The van der Waals surface area contributed by atoms with E-state index in [1.165, 1.54) is 0 Å². The van der Waals surface area contributed by atoms with Gasteiger partial charge >= 0.3 is 0 Å². The zero-order chi connectivity index (χ0) is 13.8. The molecule has 2 aliphatic rings. The fourth-order valence-corrected chi connectivity index (χ4v) is 3.32. The van der Waals surface area contributed by atoms with Crippen molar-refractivity contribution in [3.05, 3.63) is 0 Å². The molecule has 0 aromatic carbocycles. The second-order valence-electron chi connectivity index (χ2n) is 5.78. The second-order valence-corrected chi connectivity index (χ2v) is 5.78. The maximum atomic E-state index is 12.8. The number of hydrogen-bond donors (Lipinski definition) is 1. The van der Waals surface area contributed by atoms with Gasteiger partial charge in [0.15, 0.2) is 0 Å². The van der Waals surface area contributed by atoms with E-state index in [4.69, 9.17) is 4.74 Å². The number of hydrogen-bond acceptors (Lipinski definition) is 3. The Bertz CT molecular complexity index is 309. The molecule has 1 amide bonds. The molecule has 4 atom stereocenters. The predicted octanol–water partition coefficient (Wildman–Crippen LogP) is 1.79. The first kappa shape index (κ1) is 14.8. The number of nitrogens with zero attached hydrogens (tertiary/aromatic N) is 1. The summed E-state index contributed by atoms with van der Waals surface area (Å²) in [5.74, 6) is 0.422. The molecule has 110 valence electrons. The number of ether oxygens (including phenoxy) is 1. The topological polar surface area (TPSA) is 41.6 Å². The van der Waals surface area contributed by atoms with Gasteiger partial charge in [0.2, 0.25) is 5.91 Å². The molecule has 0 aromatic heterocycles. The van der Waals surface area contributed by atoms with E-state index >= 15 is 0 Å². The SMILES string of the molecule is CCC1CN(C(=O)C2CCOC2CC)C(CC)CN1. The average molecular weight is 268 g/mol. The van der Waals surface area contributed by atoms with E-state index < -0.39 is 0 Å². The maximum Gasteiger partial charge on any atom is 0.228 e. The van der Waals surface area contributed by atoms with E-state index in [9.17, 15) is 4.79 Å². The van der Waals surface area contributed by atoms with Crippen molar-refractivity contribution in [2.75, 3.05) is 19.7 Å². The molecule has 0 radical (unpaired) electrons. The summed E-state index contributed by atoms with van der Waals surface area (Å²) in [6.45, 7) is 9.00. The Morgan fingerprint density at radius 1 is 1.26 bits per heavy atom. The minimum absolute atomic E-state index is 0.0923. The molecule has 4 nitrogen and oxygen atoms in total. The van der Waals surface area contributed by atoms with Crippen LogP contribution in [0.2, 0.25) is 0 Å². The highest BCUT2D eigenvalue weighted by atomic mass is 16.5. The Hall–Kier alpha value is -0.610. The molecule has 4 unspecified atom stereocenters. The van der Waals surface area contributed by atoms with E-state index in [0.29, 0.717) is 18.0 Å². The maximum absolute atomic E-state index is 12.8. The first-order valence-electron chi connectivity index (χ1n) is 7.86. The normalized spacial score (nSPS) is 35.6. The van der Waals surface area contributed by atoms with Crippen molar-refractivity contribution in [2.45, 2.75) is 64.6 Å². The third kappa shape index (κ3) is 3.11. The number of carbonyl (C=O) groups is 1. The Labute approximate surface area is 116 Å². The van der Waals surface area contributed by atoms with Crippen molar-refractivity contribution in [1.29, 1.82) is 0 Å². The fourth-order valence-electron chi connectivity index (χ4n) is 3.32. The Morgan fingerprint density at radius 3 is 2.68 bits per heavy atom. The minimum Gasteiger partial charge on any atom is -0.377 e. The molecule has 4 heteroatoms. The highest BCUT2D eigenvalue weighted by Crippen LogP contribution is 2.27. The van der Waals surface area contributed by atoms with Gasteiger partial charge in [-0.3, -0.25) is 4.79 Å². The molecule has 0 bridgehead atoms. The molecule has 0 aromatic rings. The van der Waals surface area contributed by atoms with Crippen LogP contribution in [0.25, 0.3) is 0 Å². The van der Waals surface area contributed by atoms with Gasteiger partial charge in [-0.15, -0.1) is 0 Å². The van der Waals surface area contributed by atoms with Gasteiger partial charge in [-0.1, -0.05) is 20.8 Å².